The second-order valence-corrected chi connectivity index (χ2v) is 9.81. The molecule has 0 bridgehead atoms. The molecule has 0 radical (unpaired) electrons. The molecule has 0 amide bonds. The van der Waals surface area contributed by atoms with Crippen LogP contribution in [0.1, 0.15) is 11.1 Å². The fraction of sp³-hybridized carbons (Fsp3) is 0.0588. The summed E-state index contributed by atoms with van der Waals surface area (Å²) in [6.45, 7) is 4.52. The van der Waals surface area contributed by atoms with Crippen molar-refractivity contribution in [3.05, 3.63) is 108 Å². The van der Waals surface area contributed by atoms with E-state index in [2.05, 4.69) is 111 Å². The normalized spacial score (nSPS) is 12.4. The molecule has 0 heteroatoms. The fourth-order valence-corrected chi connectivity index (χ4v) is 6.50. The Labute approximate surface area is 197 Å². The van der Waals surface area contributed by atoms with Crippen LogP contribution in [0.25, 0.3) is 75.4 Å². The molecule has 158 valence electrons. The van der Waals surface area contributed by atoms with Crippen LogP contribution >= 0.6 is 0 Å². The highest BCUT2D eigenvalue weighted by atomic mass is 14.2. The zero-order valence-electron chi connectivity index (χ0n) is 19.2. The number of benzene rings is 8. The van der Waals surface area contributed by atoms with Crippen LogP contribution in [0.3, 0.4) is 0 Å². The molecule has 0 N–H and O–H groups in total. The van der Waals surface area contributed by atoms with Gasteiger partial charge < -0.3 is 0 Å². The fourth-order valence-electron chi connectivity index (χ4n) is 6.50. The second-order valence-electron chi connectivity index (χ2n) is 9.81. The van der Waals surface area contributed by atoms with Gasteiger partial charge in [-0.15, -0.1) is 0 Å². The van der Waals surface area contributed by atoms with E-state index in [1.54, 1.807) is 0 Å². The van der Waals surface area contributed by atoms with Gasteiger partial charge in [0.05, 0.1) is 0 Å². The minimum Gasteiger partial charge on any atom is -0.0616 e. The van der Waals surface area contributed by atoms with E-state index < -0.39 is 0 Å². The van der Waals surface area contributed by atoms with Crippen LogP contribution in [0.4, 0.5) is 0 Å². The summed E-state index contributed by atoms with van der Waals surface area (Å²) in [4.78, 5) is 0. The van der Waals surface area contributed by atoms with Crippen molar-refractivity contribution in [1.29, 1.82) is 0 Å². The van der Waals surface area contributed by atoms with Gasteiger partial charge in [0, 0.05) is 0 Å². The molecule has 0 aliphatic carbocycles. The molecule has 0 saturated carbocycles. The highest BCUT2D eigenvalue weighted by Gasteiger charge is 2.19. The van der Waals surface area contributed by atoms with E-state index in [-0.39, 0.29) is 0 Å². The van der Waals surface area contributed by atoms with Gasteiger partial charge >= 0.3 is 0 Å². The minimum atomic E-state index is 1.29. The molecular weight excluding hydrogens is 408 g/mol. The van der Waals surface area contributed by atoms with Gasteiger partial charge in [-0.2, -0.15) is 0 Å². The van der Waals surface area contributed by atoms with E-state index in [9.17, 15) is 0 Å². The Bertz CT molecular complexity index is 2130. The number of fused-ring (bicyclic) bond motifs is 8. The van der Waals surface area contributed by atoms with Crippen LogP contribution < -0.4 is 0 Å². The molecule has 8 aromatic rings. The molecule has 0 spiro atoms. The van der Waals surface area contributed by atoms with Gasteiger partial charge in [-0.3, -0.25) is 0 Å². The lowest BCUT2D eigenvalue weighted by atomic mass is 9.83. The minimum absolute atomic E-state index is 1.29. The van der Waals surface area contributed by atoms with Gasteiger partial charge in [-0.05, 0) is 106 Å². The lowest BCUT2D eigenvalue weighted by Gasteiger charge is -2.20. The molecule has 0 aromatic heterocycles. The molecule has 0 aliphatic heterocycles. The van der Waals surface area contributed by atoms with Crippen LogP contribution in [-0.4, -0.2) is 0 Å². The molecule has 0 fully saturated rings. The molecular formula is C34H22. The molecule has 0 aliphatic rings. The van der Waals surface area contributed by atoms with Crippen molar-refractivity contribution >= 4 is 75.4 Å². The summed E-state index contributed by atoms with van der Waals surface area (Å²) in [6, 6.07) is 36.4. The van der Waals surface area contributed by atoms with E-state index in [0.717, 1.165) is 0 Å². The number of hydrogen-bond donors (Lipinski definition) is 0. The van der Waals surface area contributed by atoms with Gasteiger partial charge in [0.25, 0.3) is 0 Å². The van der Waals surface area contributed by atoms with Crippen molar-refractivity contribution in [1.82, 2.24) is 0 Å². The van der Waals surface area contributed by atoms with Crippen molar-refractivity contribution in [2.24, 2.45) is 0 Å². The van der Waals surface area contributed by atoms with Gasteiger partial charge in [-0.1, -0.05) is 91.0 Å². The molecule has 0 saturated heterocycles. The zero-order valence-corrected chi connectivity index (χ0v) is 19.2. The van der Waals surface area contributed by atoms with Crippen LogP contribution in [0.2, 0.25) is 0 Å². The summed E-state index contributed by atoms with van der Waals surface area (Å²) in [6.07, 6.45) is 0. The predicted molar refractivity (Wildman–Crippen MR) is 150 cm³/mol. The number of rotatable bonds is 0. The second kappa shape index (κ2) is 6.24. The Morgan fingerprint density at radius 1 is 0.324 bits per heavy atom. The zero-order chi connectivity index (χ0) is 22.6. The number of hydrogen-bond acceptors (Lipinski definition) is 0. The highest BCUT2D eigenvalue weighted by molar-refractivity contribution is 6.40. The van der Waals surface area contributed by atoms with Crippen LogP contribution in [-0.2, 0) is 0 Å². The Kier molecular flexibility index (Phi) is 3.36. The Balaban J connectivity index is 1.74. The van der Waals surface area contributed by atoms with Gasteiger partial charge in [0.1, 0.15) is 0 Å². The van der Waals surface area contributed by atoms with Crippen molar-refractivity contribution in [3.8, 4) is 0 Å². The largest absolute Gasteiger partial charge is 0.0616 e. The first kappa shape index (κ1) is 18.3. The third-order valence-electron chi connectivity index (χ3n) is 8.01. The van der Waals surface area contributed by atoms with E-state index in [1.807, 2.05) is 0 Å². The molecule has 0 nitrogen and oxygen atoms in total. The van der Waals surface area contributed by atoms with Crippen molar-refractivity contribution in [2.45, 2.75) is 13.8 Å². The van der Waals surface area contributed by atoms with Crippen LogP contribution in [0.15, 0.2) is 97.1 Å². The number of aryl methyl sites for hydroxylation is 2. The molecule has 0 atom stereocenters. The summed E-state index contributed by atoms with van der Waals surface area (Å²) in [7, 11) is 0. The lowest BCUT2D eigenvalue weighted by molar-refractivity contribution is 1.53. The predicted octanol–water partition coefficient (Wildman–Crippen LogP) is 9.81. The smallest absolute Gasteiger partial charge is 0.00138 e. The van der Waals surface area contributed by atoms with Gasteiger partial charge in [0.2, 0.25) is 0 Å². The van der Waals surface area contributed by atoms with E-state index in [0.29, 0.717) is 0 Å². The Morgan fingerprint density at radius 2 is 0.941 bits per heavy atom. The average Bonchev–Trinajstić information content (AvgIpc) is 2.88. The van der Waals surface area contributed by atoms with Crippen molar-refractivity contribution in [2.75, 3.05) is 0 Å². The summed E-state index contributed by atoms with van der Waals surface area (Å²) < 4.78 is 0. The van der Waals surface area contributed by atoms with Crippen LogP contribution in [0.5, 0.6) is 0 Å². The van der Waals surface area contributed by atoms with Crippen molar-refractivity contribution < 1.29 is 0 Å². The topological polar surface area (TPSA) is 0 Å². The summed E-state index contributed by atoms with van der Waals surface area (Å²) in [5.74, 6) is 0. The van der Waals surface area contributed by atoms with E-state index >= 15 is 0 Å². The highest BCUT2D eigenvalue weighted by Crippen LogP contribution is 2.46. The van der Waals surface area contributed by atoms with Gasteiger partial charge in [-0.25, -0.2) is 0 Å². The van der Waals surface area contributed by atoms with Gasteiger partial charge in [0.15, 0.2) is 0 Å². The first-order valence-electron chi connectivity index (χ1n) is 12.0. The third-order valence-corrected chi connectivity index (χ3v) is 8.01. The standard InChI is InChI=1S/C34H22/c1-19-10-12-22-7-5-9-28-32(22)30(19)31-20(2)11-13-23-18-29-26-15-14-21-6-3-4-8-24(21)25(26)16-17-27(29)34(28)33(23)31/h3-18H,1-2H3. The SMILES string of the molecule is Cc1ccc2cccc3c2c1c1c(C)ccc2cc4c5ccc6ccccc6c5ccc4c3c21. The summed E-state index contributed by atoms with van der Waals surface area (Å²) in [5.41, 5.74) is 2.70. The molecule has 0 unspecified atom stereocenters. The monoisotopic (exact) mass is 430 g/mol. The van der Waals surface area contributed by atoms with E-state index in [4.69, 9.17) is 0 Å². The Morgan fingerprint density at radius 3 is 1.82 bits per heavy atom. The maximum absolute atomic E-state index is 2.43. The maximum Gasteiger partial charge on any atom is -0.00138 e. The van der Waals surface area contributed by atoms with E-state index in [1.165, 1.54) is 86.5 Å². The molecule has 8 aromatic carbocycles. The first-order chi connectivity index (χ1) is 16.7. The Hall–Kier alpha value is -4.16. The third kappa shape index (κ3) is 2.14. The summed E-state index contributed by atoms with van der Waals surface area (Å²) in [5, 5.41) is 19.0. The van der Waals surface area contributed by atoms with Crippen molar-refractivity contribution in [3.63, 3.8) is 0 Å². The quantitative estimate of drug-likeness (QED) is 0.166. The molecule has 8 rings (SSSR count). The average molecular weight is 431 g/mol. The molecule has 34 heavy (non-hydrogen) atoms. The maximum atomic E-state index is 2.43. The van der Waals surface area contributed by atoms with Crippen LogP contribution in [0, 0.1) is 13.8 Å². The first-order valence-corrected chi connectivity index (χ1v) is 12.0. The lowest BCUT2D eigenvalue weighted by Crippen LogP contribution is -1.93. The molecule has 0 heterocycles. The summed E-state index contributed by atoms with van der Waals surface area (Å²) >= 11 is 0.